The highest BCUT2D eigenvalue weighted by Gasteiger charge is 2.36. The van der Waals surface area contributed by atoms with Crippen molar-refractivity contribution in [2.75, 3.05) is 0 Å². The molecule has 0 spiro atoms. The quantitative estimate of drug-likeness (QED) is 0.176. The third-order valence-corrected chi connectivity index (χ3v) is 12.4. The van der Waals surface area contributed by atoms with E-state index in [4.69, 9.17) is 15.0 Å². The molecule has 5 heteroatoms. The maximum Gasteiger partial charge on any atom is 0.238 e. The molecular formula is C54H37N5. The fourth-order valence-corrected chi connectivity index (χ4v) is 9.53. The van der Waals surface area contributed by atoms with E-state index in [1.165, 1.54) is 49.4 Å². The lowest BCUT2D eigenvalue weighted by molar-refractivity contribution is 0.661. The van der Waals surface area contributed by atoms with Gasteiger partial charge in [-0.3, -0.25) is 4.57 Å². The zero-order valence-corrected chi connectivity index (χ0v) is 32.6. The summed E-state index contributed by atoms with van der Waals surface area (Å²) in [7, 11) is 0. The molecule has 3 aromatic heterocycles. The lowest BCUT2D eigenvalue weighted by atomic mass is 9.82. The van der Waals surface area contributed by atoms with E-state index in [9.17, 15) is 0 Å². The second-order valence-electron chi connectivity index (χ2n) is 16.1. The van der Waals surface area contributed by atoms with Crippen molar-refractivity contribution < 1.29 is 0 Å². The number of fused-ring (bicyclic) bond motifs is 9. The molecule has 5 nitrogen and oxygen atoms in total. The van der Waals surface area contributed by atoms with E-state index in [2.05, 4.69) is 205 Å². The highest BCUT2D eigenvalue weighted by molar-refractivity contribution is 6.11. The summed E-state index contributed by atoms with van der Waals surface area (Å²) >= 11 is 0. The van der Waals surface area contributed by atoms with Crippen molar-refractivity contribution in [1.82, 2.24) is 24.1 Å². The second-order valence-corrected chi connectivity index (χ2v) is 16.1. The van der Waals surface area contributed by atoms with Crippen molar-refractivity contribution in [1.29, 1.82) is 0 Å². The zero-order chi connectivity index (χ0) is 39.2. The van der Waals surface area contributed by atoms with Crippen LogP contribution >= 0.6 is 0 Å². The Bertz CT molecular complexity index is 3410. The van der Waals surface area contributed by atoms with E-state index in [0.717, 1.165) is 44.4 Å². The van der Waals surface area contributed by atoms with Gasteiger partial charge in [-0.2, -0.15) is 9.97 Å². The Morgan fingerprint density at radius 3 is 1.61 bits per heavy atom. The zero-order valence-electron chi connectivity index (χ0n) is 32.6. The lowest BCUT2D eigenvalue weighted by Gasteiger charge is -2.21. The number of benzene rings is 8. The molecule has 1 aliphatic carbocycles. The number of para-hydroxylation sites is 3. The van der Waals surface area contributed by atoms with Crippen molar-refractivity contribution in [2.45, 2.75) is 19.3 Å². The van der Waals surface area contributed by atoms with Gasteiger partial charge in [0, 0.05) is 43.8 Å². The minimum Gasteiger partial charge on any atom is -0.309 e. The Morgan fingerprint density at radius 2 is 0.898 bits per heavy atom. The summed E-state index contributed by atoms with van der Waals surface area (Å²) in [6, 6.07) is 67.0. The highest BCUT2D eigenvalue weighted by atomic mass is 15.2. The smallest absolute Gasteiger partial charge is 0.238 e. The number of nitrogens with zero attached hydrogens (tertiary/aromatic N) is 5. The SMILES string of the molecule is CC1(C)c2ccccc2-c2cc3c(cc21)c1ccccc1n3-c1nc(-c2ccc(-c3ccccc3)cc2)nc(-c2cccc(-n3c4ccccc4c4ccccc43)c2)n1. The number of hydrogen-bond donors (Lipinski definition) is 0. The Labute approximate surface area is 341 Å². The molecule has 1 aliphatic rings. The van der Waals surface area contributed by atoms with E-state index in [-0.39, 0.29) is 5.41 Å². The molecule has 11 aromatic rings. The average Bonchev–Trinajstić information content (AvgIpc) is 3.89. The van der Waals surface area contributed by atoms with Crippen LogP contribution in [0.3, 0.4) is 0 Å². The van der Waals surface area contributed by atoms with Gasteiger partial charge in [-0.15, -0.1) is 0 Å². The summed E-state index contributed by atoms with van der Waals surface area (Å²) in [5.41, 5.74) is 14.7. The van der Waals surface area contributed by atoms with E-state index < -0.39 is 0 Å². The summed E-state index contributed by atoms with van der Waals surface area (Å²) < 4.78 is 4.58. The summed E-state index contributed by atoms with van der Waals surface area (Å²) in [4.78, 5) is 16.0. The molecule has 0 amide bonds. The maximum atomic E-state index is 5.38. The minimum absolute atomic E-state index is 0.121. The maximum absolute atomic E-state index is 5.38. The largest absolute Gasteiger partial charge is 0.309 e. The Morgan fingerprint density at radius 1 is 0.356 bits per heavy atom. The van der Waals surface area contributed by atoms with Crippen molar-refractivity contribution in [3.63, 3.8) is 0 Å². The first kappa shape index (κ1) is 33.5. The first-order valence-corrected chi connectivity index (χ1v) is 20.2. The second kappa shape index (κ2) is 12.7. The third kappa shape index (κ3) is 5.08. The predicted octanol–water partition coefficient (Wildman–Crippen LogP) is 13.4. The van der Waals surface area contributed by atoms with E-state index in [1.807, 2.05) is 6.07 Å². The van der Waals surface area contributed by atoms with Crippen molar-refractivity contribution in [3.05, 3.63) is 199 Å². The van der Waals surface area contributed by atoms with Crippen LogP contribution in [-0.4, -0.2) is 24.1 Å². The van der Waals surface area contributed by atoms with Crippen LogP contribution in [0, 0.1) is 0 Å². The Kier molecular flexibility index (Phi) is 7.20. The molecule has 8 aromatic carbocycles. The molecule has 0 saturated carbocycles. The van der Waals surface area contributed by atoms with Crippen LogP contribution in [0.1, 0.15) is 25.0 Å². The molecule has 0 atom stereocenters. The van der Waals surface area contributed by atoms with Crippen LogP contribution in [0.5, 0.6) is 0 Å². The van der Waals surface area contributed by atoms with Gasteiger partial charge >= 0.3 is 0 Å². The van der Waals surface area contributed by atoms with Gasteiger partial charge in [0.1, 0.15) is 0 Å². The van der Waals surface area contributed by atoms with E-state index in [1.54, 1.807) is 0 Å². The summed E-state index contributed by atoms with van der Waals surface area (Å²) in [6.07, 6.45) is 0. The number of aromatic nitrogens is 5. The van der Waals surface area contributed by atoms with Gasteiger partial charge in [0.2, 0.25) is 5.95 Å². The van der Waals surface area contributed by atoms with Crippen LogP contribution in [0.4, 0.5) is 0 Å². The van der Waals surface area contributed by atoms with Crippen LogP contribution in [0.25, 0.3) is 100 Å². The van der Waals surface area contributed by atoms with Gasteiger partial charge in [0.25, 0.3) is 0 Å². The monoisotopic (exact) mass is 755 g/mol. The Balaban J connectivity index is 1.10. The molecule has 0 saturated heterocycles. The number of hydrogen-bond acceptors (Lipinski definition) is 3. The summed E-state index contributed by atoms with van der Waals surface area (Å²) in [6.45, 7) is 4.67. The van der Waals surface area contributed by atoms with Gasteiger partial charge < -0.3 is 4.57 Å². The summed E-state index contributed by atoms with van der Waals surface area (Å²) in [5, 5.41) is 4.80. The fourth-order valence-electron chi connectivity index (χ4n) is 9.53. The van der Waals surface area contributed by atoms with Crippen LogP contribution < -0.4 is 0 Å². The lowest BCUT2D eigenvalue weighted by Crippen LogP contribution is -2.14. The Hall–Kier alpha value is -7.63. The molecular weight excluding hydrogens is 719 g/mol. The van der Waals surface area contributed by atoms with Gasteiger partial charge in [0.05, 0.1) is 22.1 Å². The average molecular weight is 756 g/mol. The van der Waals surface area contributed by atoms with Crippen LogP contribution in [-0.2, 0) is 5.41 Å². The topological polar surface area (TPSA) is 48.5 Å². The van der Waals surface area contributed by atoms with Crippen molar-refractivity contribution in [2.24, 2.45) is 0 Å². The summed E-state index contributed by atoms with van der Waals surface area (Å²) in [5.74, 6) is 1.81. The molecule has 0 fully saturated rings. The number of rotatable bonds is 5. The molecule has 0 bridgehead atoms. The molecule has 59 heavy (non-hydrogen) atoms. The van der Waals surface area contributed by atoms with Gasteiger partial charge in [-0.05, 0) is 75.8 Å². The normalized spacial score (nSPS) is 13.1. The molecule has 0 N–H and O–H groups in total. The van der Waals surface area contributed by atoms with Crippen molar-refractivity contribution >= 4 is 43.6 Å². The predicted molar refractivity (Wildman–Crippen MR) is 242 cm³/mol. The fraction of sp³-hybridized carbons (Fsp3) is 0.0556. The van der Waals surface area contributed by atoms with Gasteiger partial charge in [0.15, 0.2) is 11.6 Å². The minimum atomic E-state index is -0.121. The third-order valence-electron chi connectivity index (χ3n) is 12.4. The van der Waals surface area contributed by atoms with E-state index >= 15 is 0 Å². The molecule has 0 radical (unpaired) electrons. The molecule has 3 heterocycles. The first-order valence-electron chi connectivity index (χ1n) is 20.2. The first-order chi connectivity index (χ1) is 29.0. The van der Waals surface area contributed by atoms with Gasteiger partial charge in [-0.25, -0.2) is 4.98 Å². The van der Waals surface area contributed by atoms with Crippen molar-refractivity contribution in [3.8, 4) is 56.7 Å². The van der Waals surface area contributed by atoms with E-state index in [0.29, 0.717) is 17.6 Å². The molecule has 12 rings (SSSR count). The molecule has 0 unspecified atom stereocenters. The van der Waals surface area contributed by atoms with Crippen LogP contribution in [0.2, 0.25) is 0 Å². The van der Waals surface area contributed by atoms with Crippen LogP contribution in [0.15, 0.2) is 188 Å². The highest BCUT2D eigenvalue weighted by Crippen LogP contribution is 2.51. The molecule has 278 valence electrons. The standard InChI is InChI=1S/C54H37N5/c1-54(2)45-23-10-6-19-39(45)43-33-50-44(32-46(43)54)42-22-9-13-26-49(42)59(50)53-56-51(36-29-27-35(28-30-36)34-15-4-3-5-16-34)55-52(57-53)37-17-14-18-38(31-37)58-47-24-11-7-20-40(47)41-21-8-12-25-48(41)58/h3-33H,1-2H3. The van der Waals surface area contributed by atoms with Gasteiger partial charge in [-0.1, -0.05) is 159 Å². The molecule has 0 aliphatic heterocycles.